The van der Waals surface area contributed by atoms with Gasteiger partial charge in [0, 0.05) is 24.0 Å². The number of fused-ring (bicyclic) bond motifs is 1. The number of hydrogen-bond donors (Lipinski definition) is 1. The molecule has 0 fully saturated rings. The molecule has 1 heterocycles. The summed E-state index contributed by atoms with van der Waals surface area (Å²) in [4.78, 5) is 29.0. The molecule has 0 bridgehead atoms. The maximum atomic E-state index is 13.2. The highest BCUT2D eigenvalue weighted by Crippen LogP contribution is 2.35. The minimum atomic E-state index is -1.15. The van der Waals surface area contributed by atoms with Gasteiger partial charge in [-0.15, -0.1) is 0 Å². The van der Waals surface area contributed by atoms with Gasteiger partial charge < -0.3 is 19.3 Å². The monoisotopic (exact) mass is 398 g/mol. The molecule has 0 saturated heterocycles. The predicted octanol–water partition coefficient (Wildman–Crippen LogP) is 4.21. The van der Waals surface area contributed by atoms with E-state index >= 15 is 0 Å². The number of benzene rings is 2. The van der Waals surface area contributed by atoms with Crippen molar-refractivity contribution in [1.29, 1.82) is 0 Å². The molecule has 0 radical (unpaired) electrons. The summed E-state index contributed by atoms with van der Waals surface area (Å²) in [5, 5.41) is 10.2. The molecule has 0 spiro atoms. The van der Waals surface area contributed by atoms with Gasteiger partial charge in [-0.3, -0.25) is 9.78 Å². The van der Waals surface area contributed by atoms with Crippen molar-refractivity contribution in [2.24, 2.45) is 0 Å². The maximum Gasteiger partial charge on any atom is 0.337 e. The molecule has 0 aliphatic carbocycles. The standard InChI is InChI=1S/C22H21NO6.H2/c1-12(2)29-14-7-5-6-13(8-14)21(24)20-16-10-19(28-4)18(27-3)9-15(16)17(11-23-20)22(25)26;/h5-12H,1-4H3,(H,25,26);1H/i;1+1. The minimum Gasteiger partial charge on any atom is -0.493 e. The second-order valence-corrected chi connectivity index (χ2v) is 6.60. The molecule has 2 aromatic carbocycles. The van der Waals surface area contributed by atoms with Crippen LogP contribution in [-0.2, 0) is 0 Å². The summed E-state index contributed by atoms with van der Waals surface area (Å²) in [6.45, 7) is 3.79. The average molecular weight is 398 g/mol. The smallest absolute Gasteiger partial charge is 0.337 e. The summed E-state index contributed by atoms with van der Waals surface area (Å²) in [6, 6.07) is 9.90. The number of rotatable bonds is 7. The van der Waals surface area contributed by atoms with Gasteiger partial charge in [0.2, 0.25) is 5.78 Å². The summed E-state index contributed by atoms with van der Waals surface area (Å²) in [5.74, 6) is -0.208. The topological polar surface area (TPSA) is 95.0 Å². The first kappa shape index (κ1) is 20.1. The lowest BCUT2D eigenvalue weighted by Gasteiger charge is -2.13. The second kappa shape index (κ2) is 8.18. The highest BCUT2D eigenvalue weighted by molar-refractivity contribution is 6.18. The Balaban J connectivity index is 0.00000320. The van der Waals surface area contributed by atoms with E-state index in [1.807, 2.05) is 13.8 Å². The van der Waals surface area contributed by atoms with Crippen molar-refractivity contribution in [3.05, 3.63) is 59.4 Å². The van der Waals surface area contributed by atoms with E-state index in [0.29, 0.717) is 33.6 Å². The molecule has 1 N–H and O–H groups in total. The van der Waals surface area contributed by atoms with Gasteiger partial charge in [-0.05, 0) is 38.1 Å². The second-order valence-electron chi connectivity index (χ2n) is 6.60. The molecule has 3 rings (SSSR count). The molecule has 152 valence electrons. The Morgan fingerprint density at radius 1 is 1.03 bits per heavy atom. The number of carbonyl (C=O) groups excluding carboxylic acids is 1. The van der Waals surface area contributed by atoms with Gasteiger partial charge in [0.15, 0.2) is 11.5 Å². The van der Waals surface area contributed by atoms with Crippen LogP contribution in [0.2, 0.25) is 0 Å². The number of aromatic nitrogens is 1. The van der Waals surface area contributed by atoms with Crippen LogP contribution in [0.3, 0.4) is 0 Å². The van der Waals surface area contributed by atoms with Gasteiger partial charge in [-0.1, -0.05) is 12.1 Å². The van der Waals surface area contributed by atoms with E-state index in [0.717, 1.165) is 0 Å². The van der Waals surface area contributed by atoms with Crippen LogP contribution in [0.1, 0.15) is 41.7 Å². The molecule has 0 atom stereocenters. The first-order valence-corrected chi connectivity index (χ1v) is 8.95. The van der Waals surface area contributed by atoms with Crippen molar-refractivity contribution in [2.75, 3.05) is 14.2 Å². The van der Waals surface area contributed by atoms with Gasteiger partial charge in [-0.2, -0.15) is 0 Å². The number of aromatic carboxylic acids is 1. The summed E-state index contributed by atoms with van der Waals surface area (Å²) < 4.78 is 16.3. The van der Waals surface area contributed by atoms with Crippen molar-refractivity contribution in [3.63, 3.8) is 0 Å². The third-order valence-electron chi connectivity index (χ3n) is 4.31. The third-order valence-corrected chi connectivity index (χ3v) is 4.31. The van der Waals surface area contributed by atoms with Crippen LogP contribution in [0.4, 0.5) is 0 Å². The van der Waals surface area contributed by atoms with Gasteiger partial charge in [0.25, 0.3) is 0 Å². The van der Waals surface area contributed by atoms with Crippen molar-refractivity contribution in [3.8, 4) is 17.2 Å². The molecule has 3 aromatic rings. The number of ether oxygens (including phenoxy) is 3. The fourth-order valence-electron chi connectivity index (χ4n) is 3.04. The summed E-state index contributed by atoms with van der Waals surface area (Å²) in [6.07, 6.45) is 1.14. The van der Waals surface area contributed by atoms with Crippen LogP contribution < -0.4 is 14.2 Å². The van der Waals surface area contributed by atoms with E-state index in [-0.39, 0.29) is 24.6 Å². The fourth-order valence-corrected chi connectivity index (χ4v) is 3.04. The first-order valence-electron chi connectivity index (χ1n) is 8.95. The molecule has 29 heavy (non-hydrogen) atoms. The van der Waals surface area contributed by atoms with Crippen LogP contribution in [0.25, 0.3) is 10.8 Å². The SMILES string of the molecule is COc1cc2c(C(=O)O)cnc(C(=O)c3cccc(OC(C)C)c3)c2cc1OC.[2HH]. The van der Waals surface area contributed by atoms with Gasteiger partial charge in [0.1, 0.15) is 11.4 Å². The summed E-state index contributed by atoms with van der Waals surface area (Å²) >= 11 is 0. The lowest BCUT2D eigenvalue weighted by molar-refractivity contribution is 0.0698. The van der Waals surface area contributed by atoms with Crippen LogP contribution in [0, 0.1) is 0 Å². The first-order chi connectivity index (χ1) is 13.8. The van der Waals surface area contributed by atoms with Gasteiger partial charge >= 0.3 is 5.97 Å². The van der Waals surface area contributed by atoms with Crippen molar-refractivity contribution in [2.45, 2.75) is 20.0 Å². The van der Waals surface area contributed by atoms with E-state index in [1.165, 1.54) is 26.5 Å². The molecule has 0 amide bonds. The number of carbonyl (C=O) groups is 2. The lowest BCUT2D eigenvalue weighted by Crippen LogP contribution is -2.10. The number of hydrogen-bond acceptors (Lipinski definition) is 6. The Morgan fingerprint density at radius 2 is 1.69 bits per heavy atom. The molecular weight excluding hydrogens is 374 g/mol. The number of pyridine rings is 1. The van der Waals surface area contributed by atoms with Gasteiger partial charge in [-0.25, -0.2) is 4.79 Å². The number of carboxylic acids is 1. The quantitative estimate of drug-likeness (QED) is 0.596. The van der Waals surface area contributed by atoms with Crippen LogP contribution in [0.5, 0.6) is 17.2 Å². The zero-order valence-corrected chi connectivity index (χ0v) is 16.6. The normalized spacial score (nSPS) is 10.8. The Bertz CT molecular complexity index is 1100. The zero-order chi connectivity index (χ0) is 21.1. The lowest BCUT2D eigenvalue weighted by atomic mass is 9.99. The van der Waals surface area contributed by atoms with Crippen LogP contribution in [0.15, 0.2) is 42.6 Å². The largest absolute Gasteiger partial charge is 0.493 e. The summed E-state index contributed by atoms with van der Waals surface area (Å²) in [7, 11) is 2.92. The van der Waals surface area contributed by atoms with Crippen LogP contribution >= 0.6 is 0 Å². The molecule has 0 aliphatic rings. The fraction of sp³-hybridized carbons (Fsp3) is 0.227. The zero-order valence-electron chi connectivity index (χ0n) is 16.6. The molecule has 0 saturated carbocycles. The average Bonchev–Trinajstić information content (AvgIpc) is 2.70. The minimum absolute atomic E-state index is 0. The van der Waals surface area contributed by atoms with E-state index in [2.05, 4.69) is 4.98 Å². The number of nitrogens with zero attached hydrogens (tertiary/aromatic N) is 1. The predicted molar refractivity (Wildman–Crippen MR) is 110 cm³/mol. The van der Waals surface area contributed by atoms with E-state index in [9.17, 15) is 14.7 Å². The van der Waals surface area contributed by atoms with Crippen LogP contribution in [-0.4, -0.2) is 42.2 Å². The number of ketones is 1. The maximum absolute atomic E-state index is 13.2. The molecule has 1 aromatic heterocycles. The molecule has 7 heteroatoms. The van der Waals surface area contributed by atoms with Crippen molar-refractivity contribution >= 4 is 22.5 Å². The van der Waals surface area contributed by atoms with Crippen molar-refractivity contribution in [1.82, 2.24) is 4.98 Å². The van der Waals surface area contributed by atoms with Gasteiger partial charge in [0.05, 0.1) is 25.9 Å². The number of methoxy groups -OCH3 is 2. The third kappa shape index (κ3) is 3.99. The molecule has 0 aliphatic heterocycles. The number of carboxylic acid groups (broad SMARTS) is 1. The van der Waals surface area contributed by atoms with E-state index in [4.69, 9.17) is 14.2 Å². The Kier molecular flexibility index (Phi) is 5.68. The van der Waals surface area contributed by atoms with E-state index in [1.54, 1.807) is 30.3 Å². The molecule has 7 nitrogen and oxygen atoms in total. The van der Waals surface area contributed by atoms with Crippen molar-refractivity contribution < 1.29 is 30.3 Å². The van der Waals surface area contributed by atoms with E-state index < -0.39 is 5.97 Å². The Labute approximate surface area is 169 Å². The molecular formula is C22H23NO6. The highest BCUT2D eigenvalue weighted by atomic mass is 16.5. The molecule has 0 unspecified atom stereocenters. The highest BCUT2D eigenvalue weighted by Gasteiger charge is 2.21. The Morgan fingerprint density at radius 3 is 2.28 bits per heavy atom. The summed E-state index contributed by atoms with van der Waals surface area (Å²) in [5.41, 5.74) is 0.469. The Hall–Kier alpha value is -3.61.